The predicted molar refractivity (Wildman–Crippen MR) is 81.0 cm³/mol. The summed E-state index contributed by atoms with van der Waals surface area (Å²) in [5, 5.41) is 2.88. The summed E-state index contributed by atoms with van der Waals surface area (Å²) in [6.07, 6.45) is 2.39. The van der Waals surface area contributed by atoms with Gasteiger partial charge in [-0.05, 0) is 52.2 Å². The van der Waals surface area contributed by atoms with E-state index in [0.29, 0.717) is 16.7 Å². The van der Waals surface area contributed by atoms with Gasteiger partial charge in [0, 0.05) is 12.7 Å². The first-order valence-electron chi connectivity index (χ1n) is 6.22. The van der Waals surface area contributed by atoms with E-state index in [1.54, 1.807) is 25.4 Å². The quantitative estimate of drug-likeness (QED) is 0.855. The fraction of sp³-hybridized carbons (Fsp3) is 0.200. The van der Waals surface area contributed by atoms with Crippen LogP contribution in [0.15, 0.2) is 47.2 Å². The maximum atomic E-state index is 12.0. The molecule has 1 heterocycles. The van der Waals surface area contributed by atoms with Gasteiger partial charge < -0.3 is 10.1 Å². The van der Waals surface area contributed by atoms with Crippen molar-refractivity contribution in [1.82, 2.24) is 10.3 Å². The van der Waals surface area contributed by atoms with Crippen molar-refractivity contribution in [2.24, 2.45) is 0 Å². The Morgan fingerprint density at radius 3 is 2.95 bits per heavy atom. The Kier molecular flexibility index (Phi) is 5.12. The molecule has 1 amide bonds. The van der Waals surface area contributed by atoms with Crippen molar-refractivity contribution in [2.75, 3.05) is 13.7 Å². The van der Waals surface area contributed by atoms with Crippen molar-refractivity contribution in [3.8, 4) is 5.75 Å². The largest absolute Gasteiger partial charge is 0.497 e. The number of ether oxygens (including phenoxy) is 1. The molecule has 2 rings (SSSR count). The fourth-order valence-electron chi connectivity index (χ4n) is 1.80. The van der Waals surface area contributed by atoms with E-state index >= 15 is 0 Å². The van der Waals surface area contributed by atoms with Crippen molar-refractivity contribution in [2.45, 2.75) is 6.42 Å². The lowest BCUT2D eigenvalue weighted by Crippen LogP contribution is -2.26. The van der Waals surface area contributed by atoms with Gasteiger partial charge in [0.1, 0.15) is 10.4 Å². The van der Waals surface area contributed by atoms with E-state index in [1.165, 1.54) is 0 Å². The molecule has 0 unspecified atom stereocenters. The van der Waals surface area contributed by atoms with Crippen LogP contribution in [0.3, 0.4) is 0 Å². The Morgan fingerprint density at radius 1 is 1.35 bits per heavy atom. The second-order valence-corrected chi connectivity index (χ2v) is 4.95. The molecule has 0 spiro atoms. The molecule has 0 aliphatic heterocycles. The number of benzene rings is 1. The zero-order valence-corrected chi connectivity index (χ0v) is 12.7. The van der Waals surface area contributed by atoms with Gasteiger partial charge in [-0.25, -0.2) is 4.98 Å². The molecule has 0 bridgehead atoms. The number of nitrogens with one attached hydrogen (secondary N) is 1. The van der Waals surface area contributed by atoms with Gasteiger partial charge in [0.2, 0.25) is 0 Å². The Hall–Kier alpha value is -1.88. The Bertz CT molecular complexity index is 602. The highest BCUT2D eigenvalue weighted by Crippen LogP contribution is 2.13. The summed E-state index contributed by atoms with van der Waals surface area (Å²) in [6, 6.07) is 11.3. The summed E-state index contributed by atoms with van der Waals surface area (Å²) in [6.45, 7) is 0.563. The maximum absolute atomic E-state index is 12.0. The Balaban J connectivity index is 1.89. The van der Waals surface area contributed by atoms with Crippen LogP contribution in [0.1, 0.15) is 15.9 Å². The molecule has 0 aliphatic rings. The van der Waals surface area contributed by atoms with Crippen LogP contribution in [0.5, 0.6) is 5.75 Å². The van der Waals surface area contributed by atoms with Crippen LogP contribution in [-0.2, 0) is 6.42 Å². The van der Waals surface area contributed by atoms with Gasteiger partial charge in [0.25, 0.3) is 5.91 Å². The van der Waals surface area contributed by atoms with Gasteiger partial charge in [0.05, 0.1) is 12.7 Å². The number of pyridine rings is 1. The minimum atomic E-state index is -0.132. The molecule has 1 N–H and O–H groups in total. The van der Waals surface area contributed by atoms with Crippen molar-refractivity contribution in [3.05, 3.63) is 58.3 Å². The van der Waals surface area contributed by atoms with Crippen molar-refractivity contribution in [1.29, 1.82) is 0 Å². The molecule has 0 aliphatic carbocycles. The van der Waals surface area contributed by atoms with Crippen molar-refractivity contribution >= 4 is 21.8 Å². The van der Waals surface area contributed by atoms with Gasteiger partial charge in [-0.2, -0.15) is 0 Å². The highest BCUT2D eigenvalue weighted by Gasteiger charge is 2.09. The van der Waals surface area contributed by atoms with Crippen LogP contribution in [0.25, 0.3) is 0 Å². The molecule has 0 radical (unpaired) electrons. The predicted octanol–water partition coefficient (Wildman–Crippen LogP) is 2.83. The molecule has 5 heteroatoms. The van der Waals surface area contributed by atoms with Gasteiger partial charge in [-0.3, -0.25) is 4.79 Å². The van der Waals surface area contributed by atoms with E-state index in [1.807, 2.05) is 24.3 Å². The van der Waals surface area contributed by atoms with E-state index in [9.17, 15) is 4.79 Å². The molecule has 0 saturated carbocycles. The van der Waals surface area contributed by atoms with E-state index in [-0.39, 0.29) is 5.91 Å². The molecule has 0 atom stereocenters. The lowest BCUT2D eigenvalue weighted by Gasteiger charge is -2.07. The van der Waals surface area contributed by atoms with Gasteiger partial charge in [0.15, 0.2) is 0 Å². The van der Waals surface area contributed by atoms with Crippen LogP contribution < -0.4 is 10.1 Å². The number of amides is 1. The van der Waals surface area contributed by atoms with Gasteiger partial charge >= 0.3 is 0 Å². The van der Waals surface area contributed by atoms with Crippen molar-refractivity contribution in [3.63, 3.8) is 0 Å². The second-order valence-electron chi connectivity index (χ2n) is 4.20. The molecule has 1 aromatic carbocycles. The number of carbonyl (C=O) groups is 1. The highest BCUT2D eigenvalue weighted by atomic mass is 79.9. The molecule has 0 saturated heterocycles. The van der Waals surface area contributed by atoms with Crippen LogP contribution in [0.4, 0.5) is 0 Å². The zero-order valence-electron chi connectivity index (χ0n) is 11.1. The number of halogens is 1. The van der Waals surface area contributed by atoms with Crippen LogP contribution >= 0.6 is 15.9 Å². The average molecular weight is 335 g/mol. The first-order valence-corrected chi connectivity index (χ1v) is 7.01. The number of hydrogen-bond donors (Lipinski definition) is 1. The SMILES string of the molecule is COc1cccc(CCNC(=O)c2cccnc2Br)c1. The minimum absolute atomic E-state index is 0.132. The molecule has 2 aromatic rings. The fourth-order valence-corrected chi connectivity index (χ4v) is 2.23. The lowest BCUT2D eigenvalue weighted by molar-refractivity contribution is 0.0953. The third-order valence-corrected chi connectivity index (χ3v) is 3.47. The monoisotopic (exact) mass is 334 g/mol. The van der Waals surface area contributed by atoms with Crippen LogP contribution in [-0.4, -0.2) is 24.5 Å². The highest BCUT2D eigenvalue weighted by molar-refractivity contribution is 9.10. The summed E-state index contributed by atoms with van der Waals surface area (Å²) in [7, 11) is 1.64. The summed E-state index contributed by atoms with van der Waals surface area (Å²) in [5.74, 6) is 0.691. The van der Waals surface area contributed by atoms with Gasteiger partial charge in [-0.15, -0.1) is 0 Å². The molecule has 1 aromatic heterocycles. The average Bonchev–Trinajstić information content (AvgIpc) is 2.48. The topological polar surface area (TPSA) is 51.2 Å². The number of methoxy groups -OCH3 is 1. The lowest BCUT2D eigenvalue weighted by atomic mass is 10.1. The summed E-state index contributed by atoms with van der Waals surface area (Å²) in [4.78, 5) is 16.0. The summed E-state index contributed by atoms with van der Waals surface area (Å²) >= 11 is 3.26. The van der Waals surface area contributed by atoms with E-state index in [2.05, 4.69) is 26.2 Å². The number of nitrogens with zero attached hydrogens (tertiary/aromatic N) is 1. The molecular weight excluding hydrogens is 320 g/mol. The summed E-state index contributed by atoms with van der Waals surface area (Å²) in [5.41, 5.74) is 1.66. The minimum Gasteiger partial charge on any atom is -0.497 e. The third kappa shape index (κ3) is 3.81. The smallest absolute Gasteiger partial charge is 0.254 e. The standard InChI is InChI=1S/C15H15BrN2O2/c1-20-12-5-2-4-11(10-12)7-9-18-15(19)13-6-3-8-17-14(13)16/h2-6,8,10H,7,9H2,1H3,(H,18,19). The molecule has 0 fully saturated rings. The number of hydrogen-bond acceptors (Lipinski definition) is 3. The van der Waals surface area contributed by atoms with Gasteiger partial charge in [-0.1, -0.05) is 12.1 Å². The molecule has 104 valence electrons. The zero-order chi connectivity index (χ0) is 14.4. The Labute approximate surface area is 126 Å². The Morgan fingerprint density at radius 2 is 2.20 bits per heavy atom. The van der Waals surface area contributed by atoms with E-state index < -0.39 is 0 Å². The van der Waals surface area contributed by atoms with E-state index in [0.717, 1.165) is 17.7 Å². The number of carbonyl (C=O) groups excluding carboxylic acids is 1. The first kappa shape index (κ1) is 14.5. The number of rotatable bonds is 5. The number of aromatic nitrogens is 1. The molecule has 20 heavy (non-hydrogen) atoms. The van der Waals surface area contributed by atoms with Crippen molar-refractivity contribution < 1.29 is 9.53 Å². The molecular formula is C15H15BrN2O2. The molecule has 4 nitrogen and oxygen atoms in total. The van der Waals surface area contributed by atoms with Crippen LogP contribution in [0.2, 0.25) is 0 Å². The maximum Gasteiger partial charge on any atom is 0.254 e. The van der Waals surface area contributed by atoms with Crippen LogP contribution in [0, 0.1) is 0 Å². The summed E-state index contributed by atoms with van der Waals surface area (Å²) < 4.78 is 5.72. The first-order chi connectivity index (χ1) is 9.70. The second kappa shape index (κ2) is 7.05. The van der Waals surface area contributed by atoms with E-state index in [4.69, 9.17) is 4.74 Å². The normalized spacial score (nSPS) is 10.1. The third-order valence-electron chi connectivity index (χ3n) is 2.84.